The van der Waals surface area contributed by atoms with Gasteiger partial charge in [0.25, 0.3) is 0 Å². The molecule has 0 aliphatic carbocycles. The molecule has 3 nitrogen and oxygen atoms in total. The Hall–Kier alpha value is -0.570. The number of carbonyl (C=O) groups excluding carboxylic acids is 1. The van der Waals surface area contributed by atoms with Crippen LogP contribution in [0, 0.1) is 5.41 Å². The predicted octanol–water partition coefficient (Wildman–Crippen LogP) is 1.74. The number of esters is 1. The molecule has 1 atom stereocenters. The zero-order chi connectivity index (χ0) is 10.5. The van der Waals surface area contributed by atoms with Crippen LogP contribution in [0.25, 0.3) is 0 Å². The SMILES string of the molecule is CC(O)CCCOC(=O)C(C)(C)C. The zero-order valence-electron chi connectivity index (χ0n) is 8.96. The summed E-state index contributed by atoms with van der Waals surface area (Å²) in [4.78, 5) is 11.2. The van der Waals surface area contributed by atoms with E-state index in [1.807, 2.05) is 20.8 Å². The van der Waals surface area contributed by atoms with E-state index in [1.165, 1.54) is 0 Å². The third-order valence-corrected chi connectivity index (χ3v) is 1.61. The van der Waals surface area contributed by atoms with Gasteiger partial charge in [-0.15, -0.1) is 0 Å². The van der Waals surface area contributed by atoms with Crippen molar-refractivity contribution in [1.82, 2.24) is 0 Å². The van der Waals surface area contributed by atoms with Gasteiger partial charge in [0.05, 0.1) is 18.1 Å². The van der Waals surface area contributed by atoms with E-state index in [0.717, 1.165) is 6.42 Å². The molecule has 0 aromatic rings. The van der Waals surface area contributed by atoms with Crippen LogP contribution in [0.4, 0.5) is 0 Å². The maximum absolute atomic E-state index is 11.2. The second-order valence-corrected chi connectivity index (χ2v) is 4.38. The topological polar surface area (TPSA) is 46.5 Å². The molecule has 78 valence electrons. The Morgan fingerprint density at radius 2 is 2.00 bits per heavy atom. The highest BCUT2D eigenvalue weighted by molar-refractivity contribution is 5.75. The van der Waals surface area contributed by atoms with Crippen LogP contribution >= 0.6 is 0 Å². The van der Waals surface area contributed by atoms with Crippen LogP contribution in [0.2, 0.25) is 0 Å². The highest BCUT2D eigenvalue weighted by Gasteiger charge is 2.22. The van der Waals surface area contributed by atoms with Gasteiger partial charge < -0.3 is 9.84 Å². The second-order valence-electron chi connectivity index (χ2n) is 4.38. The van der Waals surface area contributed by atoms with Gasteiger partial charge in [0.2, 0.25) is 0 Å². The van der Waals surface area contributed by atoms with Crippen molar-refractivity contribution in [2.24, 2.45) is 5.41 Å². The van der Waals surface area contributed by atoms with Crippen molar-refractivity contribution in [2.45, 2.75) is 46.6 Å². The van der Waals surface area contributed by atoms with Crippen molar-refractivity contribution < 1.29 is 14.6 Å². The van der Waals surface area contributed by atoms with Gasteiger partial charge >= 0.3 is 5.97 Å². The minimum Gasteiger partial charge on any atom is -0.465 e. The summed E-state index contributed by atoms with van der Waals surface area (Å²) < 4.78 is 5.01. The predicted molar refractivity (Wildman–Crippen MR) is 51.3 cm³/mol. The molecule has 13 heavy (non-hydrogen) atoms. The third kappa shape index (κ3) is 6.58. The summed E-state index contributed by atoms with van der Waals surface area (Å²) in [5.74, 6) is -0.182. The molecule has 0 aromatic heterocycles. The Balaban J connectivity index is 3.49. The molecule has 0 aliphatic heterocycles. The molecule has 3 heteroatoms. The lowest BCUT2D eigenvalue weighted by Gasteiger charge is -2.16. The Morgan fingerprint density at radius 3 is 2.38 bits per heavy atom. The van der Waals surface area contributed by atoms with Crippen LogP contribution in [0.5, 0.6) is 0 Å². The van der Waals surface area contributed by atoms with E-state index in [-0.39, 0.29) is 12.1 Å². The van der Waals surface area contributed by atoms with Gasteiger partial charge in [0.1, 0.15) is 0 Å². The molecule has 0 heterocycles. The van der Waals surface area contributed by atoms with E-state index in [1.54, 1.807) is 6.92 Å². The first kappa shape index (κ1) is 12.4. The fourth-order valence-corrected chi connectivity index (χ4v) is 0.760. The first-order chi connectivity index (χ1) is 5.84. The number of aliphatic hydroxyl groups excluding tert-OH is 1. The number of ether oxygens (including phenoxy) is 1. The number of hydrogen-bond acceptors (Lipinski definition) is 3. The van der Waals surface area contributed by atoms with Gasteiger partial charge in [-0.25, -0.2) is 0 Å². The van der Waals surface area contributed by atoms with Gasteiger partial charge in [-0.2, -0.15) is 0 Å². The molecular weight excluding hydrogens is 168 g/mol. The summed E-state index contributed by atoms with van der Waals surface area (Å²) in [6.45, 7) is 7.60. The van der Waals surface area contributed by atoms with Crippen LogP contribution in [-0.4, -0.2) is 23.8 Å². The molecule has 0 radical (unpaired) electrons. The molecule has 0 spiro atoms. The van der Waals surface area contributed by atoms with Crippen LogP contribution in [0.1, 0.15) is 40.5 Å². The van der Waals surface area contributed by atoms with Crippen molar-refractivity contribution in [3.8, 4) is 0 Å². The van der Waals surface area contributed by atoms with Crippen molar-refractivity contribution in [3.63, 3.8) is 0 Å². The normalized spacial score (nSPS) is 13.9. The van der Waals surface area contributed by atoms with Gasteiger partial charge in [-0.05, 0) is 40.5 Å². The van der Waals surface area contributed by atoms with Crippen LogP contribution in [0.15, 0.2) is 0 Å². The van der Waals surface area contributed by atoms with E-state index >= 15 is 0 Å². The quantitative estimate of drug-likeness (QED) is 0.540. The summed E-state index contributed by atoms with van der Waals surface area (Å²) in [6, 6.07) is 0. The van der Waals surface area contributed by atoms with Crippen molar-refractivity contribution >= 4 is 5.97 Å². The molecule has 0 bridgehead atoms. The summed E-state index contributed by atoms with van der Waals surface area (Å²) in [7, 11) is 0. The first-order valence-corrected chi connectivity index (χ1v) is 4.69. The lowest BCUT2D eigenvalue weighted by molar-refractivity contribution is -0.153. The maximum Gasteiger partial charge on any atom is 0.311 e. The first-order valence-electron chi connectivity index (χ1n) is 4.69. The maximum atomic E-state index is 11.2. The van der Waals surface area contributed by atoms with Gasteiger partial charge in [0, 0.05) is 0 Å². The lowest BCUT2D eigenvalue weighted by Crippen LogP contribution is -2.23. The number of aliphatic hydroxyl groups is 1. The van der Waals surface area contributed by atoms with Crippen LogP contribution in [0.3, 0.4) is 0 Å². The third-order valence-electron chi connectivity index (χ3n) is 1.61. The smallest absolute Gasteiger partial charge is 0.311 e. The molecule has 0 saturated carbocycles. The summed E-state index contributed by atoms with van der Waals surface area (Å²) >= 11 is 0. The second kappa shape index (κ2) is 5.22. The van der Waals surface area contributed by atoms with Crippen molar-refractivity contribution in [2.75, 3.05) is 6.61 Å². The number of hydrogen-bond donors (Lipinski definition) is 1. The monoisotopic (exact) mass is 188 g/mol. The summed E-state index contributed by atoms with van der Waals surface area (Å²) in [6.07, 6.45) is 1.09. The minimum atomic E-state index is -0.426. The molecule has 0 aliphatic rings. The van der Waals surface area contributed by atoms with Crippen molar-refractivity contribution in [3.05, 3.63) is 0 Å². The molecule has 0 amide bonds. The summed E-state index contributed by atoms with van der Waals surface area (Å²) in [5, 5.41) is 8.94. The fourth-order valence-electron chi connectivity index (χ4n) is 0.760. The number of rotatable bonds is 4. The lowest BCUT2D eigenvalue weighted by atomic mass is 9.97. The van der Waals surface area contributed by atoms with E-state index in [2.05, 4.69) is 0 Å². The Morgan fingerprint density at radius 1 is 1.46 bits per heavy atom. The molecule has 0 aromatic carbocycles. The Bertz CT molecular complexity index is 156. The Kier molecular flexibility index (Phi) is 4.99. The molecule has 1 N–H and O–H groups in total. The van der Waals surface area contributed by atoms with E-state index in [9.17, 15) is 4.79 Å². The van der Waals surface area contributed by atoms with Gasteiger partial charge in [-0.3, -0.25) is 4.79 Å². The zero-order valence-corrected chi connectivity index (χ0v) is 8.96. The fraction of sp³-hybridized carbons (Fsp3) is 0.900. The average Bonchev–Trinajstić information content (AvgIpc) is 1.95. The molecule has 0 saturated heterocycles. The molecule has 0 fully saturated rings. The largest absolute Gasteiger partial charge is 0.465 e. The van der Waals surface area contributed by atoms with Crippen LogP contribution in [-0.2, 0) is 9.53 Å². The number of carbonyl (C=O) groups is 1. The van der Waals surface area contributed by atoms with Crippen molar-refractivity contribution in [1.29, 1.82) is 0 Å². The molecule has 0 rings (SSSR count). The highest BCUT2D eigenvalue weighted by Crippen LogP contribution is 2.15. The molecular formula is C10H20O3. The van der Waals surface area contributed by atoms with Gasteiger partial charge in [-0.1, -0.05) is 0 Å². The van der Waals surface area contributed by atoms with E-state index < -0.39 is 5.41 Å². The van der Waals surface area contributed by atoms with Gasteiger partial charge in [0.15, 0.2) is 0 Å². The van der Waals surface area contributed by atoms with E-state index in [0.29, 0.717) is 13.0 Å². The standard InChI is InChI=1S/C10H20O3/c1-8(11)6-5-7-13-9(12)10(2,3)4/h8,11H,5-7H2,1-4H3. The Labute approximate surface area is 80.1 Å². The van der Waals surface area contributed by atoms with Crippen LogP contribution < -0.4 is 0 Å². The van der Waals surface area contributed by atoms with E-state index in [4.69, 9.17) is 9.84 Å². The molecule has 1 unspecified atom stereocenters. The average molecular weight is 188 g/mol. The summed E-state index contributed by atoms with van der Waals surface area (Å²) in [5.41, 5.74) is -0.426. The highest BCUT2D eigenvalue weighted by atomic mass is 16.5. The minimum absolute atomic E-state index is 0.182.